The van der Waals surface area contributed by atoms with Gasteiger partial charge in [-0.05, 0) is 30.7 Å². The van der Waals surface area contributed by atoms with Gasteiger partial charge in [0.1, 0.15) is 5.82 Å². The Balaban J connectivity index is 1.92. The summed E-state index contributed by atoms with van der Waals surface area (Å²) in [6.07, 6.45) is 0.192. The van der Waals surface area contributed by atoms with Crippen molar-refractivity contribution in [1.29, 1.82) is 0 Å². The lowest BCUT2D eigenvalue weighted by Gasteiger charge is -2.11. The van der Waals surface area contributed by atoms with Gasteiger partial charge in [0, 0.05) is 28.6 Å². The predicted octanol–water partition coefficient (Wildman–Crippen LogP) is 3.17. The molecule has 0 amide bonds. The number of Topliss-reactive ketones (excluding diaryl/α,β-unsaturated/α-hetero) is 1. The number of nitrogens with two attached hydrogens (primary N) is 1. The molecule has 0 fully saturated rings. The first-order chi connectivity index (χ1) is 13.0. The van der Waals surface area contributed by atoms with E-state index in [0.717, 1.165) is 0 Å². The maximum absolute atomic E-state index is 13.7. The Kier molecular flexibility index (Phi) is 5.66. The minimum absolute atomic E-state index is 0.0150. The molecular weight excluding hydrogens is 347 g/mol. The molecule has 0 saturated carbocycles. The summed E-state index contributed by atoms with van der Waals surface area (Å²) in [5, 5.41) is 0.595. The second-order valence-corrected chi connectivity index (χ2v) is 6.29. The lowest BCUT2D eigenvalue weighted by atomic mass is 9.98. The van der Waals surface area contributed by atoms with Crippen molar-refractivity contribution in [2.45, 2.75) is 25.8 Å². The number of hydrogen-bond donors (Lipinski definition) is 2. The third-order valence-corrected chi connectivity index (χ3v) is 4.40. The van der Waals surface area contributed by atoms with Gasteiger partial charge in [0.25, 0.3) is 0 Å². The molecule has 1 heterocycles. The van der Waals surface area contributed by atoms with Gasteiger partial charge in [0.2, 0.25) is 0 Å². The van der Waals surface area contributed by atoms with E-state index in [1.165, 1.54) is 12.1 Å². The average molecular weight is 368 g/mol. The van der Waals surface area contributed by atoms with Crippen LogP contribution < -0.4 is 5.73 Å². The second kappa shape index (κ2) is 8.14. The highest BCUT2D eigenvalue weighted by Crippen LogP contribution is 2.25. The van der Waals surface area contributed by atoms with Crippen molar-refractivity contribution in [3.63, 3.8) is 0 Å². The molecule has 3 aromatic rings. The number of rotatable bonds is 7. The molecule has 140 valence electrons. The molecule has 0 radical (unpaired) electrons. The summed E-state index contributed by atoms with van der Waals surface area (Å²) in [5.74, 6) is -1.00. The second-order valence-electron chi connectivity index (χ2n) is 6.29. The molecule has 5 nitrogen and oxygen atoms in total. The van der Waals surface area contributed by atoms with Gasteiger partial charge in [-0.2, -0.15) is 0 Å². The highest BCUT2D eigenvalue weighted by molar-refractivity contribution is 6.00. The summed E-state index contributed by atoms with van der Waals surface area (Å²) in [4.78, 5) is 27.7. The smallest absolute Gasteiger partial charge is 0.310 e. The Bertz CT molecular complexity index is 966. The van der Waals surface area contributed by atoms with Gasteiger partial charge >= 0.3 is 5.97 Å². The van der Waals surface area contributed by atoms with Crippen molar-refractivity contribution >= 4 is 22.7 Å². The summed E-state index contributed by atoms with van der Waals surface area (Å²) in [5.41, 5.74) is 8.59. The van der Waals surface area contributed by atoms with Crippen molar-refractivity contribution in [2.75, 3.05) is 6.61 Å². The lowest BCUT2D eigenvalue weighted by molar-refractivity contribution is -0.142. The molecule has 0 aliphatic heterocycles. The number of fused-ring (bicyclic) bond motifs is 1. The summed E-state index contributed by atoms with van der Waals surface area (Å²) in [6, 6.07) is 12.3. The number of ether oxygens (including phenoxy) is 1. The predicted molar refractivity (Wildman–Crippen MR) is 101 cm³/mol. The molecule has 0 spiro atoms. The van der Waals surface area contributed by atoms with Crippen molar-refractivity contribution < 1.29 is 18.7 Å². The van der Waals surface area contributed by atoms with E-state index in [2.05, 4.69) is 4.98 Å². The molecule has 1 aromatic heterocycles. The number of carbonyl (C=O) groups is 2. The monoisotopic (exact) mass is 368 g/mol. The van der Waals surface area contributed by atoms with E-state index >= 15 is 0 Å². The van der Waals surface area contributed by atoms with E-state index < -0.39 is 17.8 Å². The van der Waals surface area contributed by atoms with Crippen LogP contribution in [0, 0.1) is 5.82 Å². The molecule has 1 unspecified atom stereocenters. The number of aromatic amines is 1. The minimum atomic E-state index is -0.786. The number of H-pyrrole nitrogens is 1. The number of ketones is 1. The van der Waals surface area contributed by atoms with Gasteiger partial charge in [-0.1, -0.05) is 30.3 Å². The van der Waals surface area contributed by atoms with Crippen LogP contribution in [0.2, 0.25) is 0 Å². The Morgan fingerprint density at radius 3 is 2.63 bits per heavy atom. The average Bonchev–Trinajstić information content (AvgIpc) is 2.98. The van der Waals surface area contributed by atoms with E-state index in [9.17, 15) is 14.0 Å². The van der Waals surface area contributed by atoms with Gasteiger partial charge in [0.15, 0.2) is 5.78 Å². The molecule has 0 aliphatic rings. The third kappa shape index (κ3) is 4.23. The molecule has 0 saturated heterocycles. The van der Waals surface area contributed by atoms with Crippen LogP contribution in [0.25, 0.3) is 10.9 Å². The Morgan fingerprint density at radius 1 is 1.19 bits per heavy atom. The molecule has 0 aliphatic carbocycles. The minimum Gasteiger partial charge on any atom is -0.466 e. The Labute approximate surface area is 156 Å². The summed E-state index contributed by atoms with van der Waals surface area (Å²) in [7, 11) is 0. The number of hydrogen-bond acceptors (Lipinski definition) is 4. The van der Waals surface area contributed by atoms with Crippen LogP contribution in [-0.2, 0) is 22.4 Å². The Morgan fingerprint density at radius 2 is 1.93 bits per heavy atom. The number of esters is 1. The fraction of sp³-hybridized carbons (Fsp3) is 0.238. The van der Waals surface area contributed by atoms with Gasteiger partial charge in [-0.25, -0.2) is 4.39 Å². The first kappa shape index (κ1) is 18.8. The topological polar surface area (TPSA) is 85.2 Å². The van der Waals surface area contributed by atoms with Crippen LogP contribution in [0.4, 0.5) is 4.39 Å². The van der Waals surface area contributed by atoms with Crippen LogP contribution in [0.1, 0.15) is 28.5 Å². The van der Waals surface area contributed by atoms with Gasteiger partial charge < -0.3 is 15.5 Å². The van der Waals surface area contributed by atoms with E-state index in [1.807, 2.05) is 6.07 Å². The van der Waals surface area contributed by atoms with Gasteiger partial charge in [0.05, 0.1) is 19.1 Å². The first-order valence-electron chi connectivity index (χ1n) is 8.79. The maximum atomic E-state index is 13.7. The lowest BCUT2D eigenvalue weighted by Crippen LogP contribution is -2.33. The van der Waals surface area contributed by atoms with E-state index in [0.29, 0.717) is 27.7 Å². The zero-order chi connectivity index (χ0) is 19.4. The Hall–Kier alpha value is -2.99. The summed E-state index contributed by atoms with van der Waals surface area (Å²) < 4.78 is 18.7. The quantitative estimate of drug-likeness (QED) is 0.495. The van der Waals surface area contributed by atoms with Crippen LogP contribution >= 0.6 is 0 Å². The van der Waals surface area contributed by atoms with Crippen molar-refractivity contribution in [3.05, 3.63) is 71.2 Å². The highest BCUT2D eigenvalue weighted by atomic mass is 19.1. The van der Waals surface area contributed by atoms with E-state index in [-0.39, 0.29) is 25.2 Å². The molecule has 1 atom stereocenters. The van der Waals surface area contributed by atoms with Crippen LogP contribution in [0.5, 0.6) is 0 Å². The normalized spacial score (nSPS) is 12.1. The molecule has 3 rings (SSSR count). The zero-order valence-electron chi connectivity index (χ0n) is 15.0. The number of carbonyl (C=O) groups excluding carboxylic acids is 2. The fourth-order valence-corrected chi connectivity index (χ4v) is 3.14. The molecule has 6 heteroatoms. The summed E-state index contributed by atoms with van der Waals surface area (Å²) in [6.45, 7) is 1.99. The third-order valence-electron chi connectivity index (χ3n) is 4.40. The first-order valence-corrected chi connectivity index (χ1v) is 8.79. The maximum Gasteiger partial charge on any atom is 0.310 e. The molecular formula is C21H21FN2O3. The highest BCUT2D eigenvalue weighted by Gasteiger charge is 2.22. The van der Waals surface area contributed by atoms with Crippen molar-refractivity contribution in [3.8, 4) is 0 Å². The van der Waals surface area contributed by atoms with Gasteiger partial charge in [-0.15, -0.1) is 0 Å². The molecule has 3 N–H and O–H groups in total. The fourth-order valence-electron chi connectivity index (χ4n) is 3.14. The molecule has 2 aromatic carbocycles. The number of aromatic nitrogens is 1. The van der Waals surface area contributed by atoms with Crippen LogP contribution in [-0.4, -0.2) is 29.4 Å². The SMILES string of the molecule is CCOC(=O)Cc1c(CC(N)C(=O)c2ccccc2)[nH]c2ccc(F)cc12. The number of benzene rings is 2. The van der Waals surface area contributed by atoms with Crippen molar-refractivity contribution in [2.24, 2.45) is 5.73 Å². The zero-order valence-corrected chi connectivity index (χ0v) is 15.0. The number of nitrogens with one attached hydrogen (secondary N) is 1. The summed E-state index contributed by atoms with van der Waals surface area (Å²) >= 11 is 0. The number of halogens is 1. The van der Waals surface area contributed by atoms with Gasteiger partial charge in [-0.3, -0.25) is 9.59 Å². The van der Waals surface area contributed by atoms with Crippen molar-refractivity contribution in [1.82, 2.24) is 4.98 Å². The standard InChI is InChI=1S/C21H21FN2O3/c1-2-27-20(25)11-16-15-10-14(22)8-9-18(15)24-19(16)12-17(23)21(26)13-6-4-3-5-7-13/h3-10,17,24H,2,11-12,23H2,1H3. The molecule has 0 bridgehead atoms. The van der Waals surface area contributed by atoms with Crippen LogP contribution in [0.15, 0.2) is 48.5 Å². The van der Waals surface area contributed by atoms with E-state index in [1.54, 1.807) is 37.3 Å². The molecule has 27 heavy (non-hydrogen) atoms. The largest absolute Gasteiger partial charge is 0.466 e. The van der Waals surface area contributed by atoms with E-state index in [4.69, 9.17) is 10.5 Å². The van der Waals surface area contributed by atoms with Crippen LogP contribution in [0.3, 0.4) is 0 Å².